The van der Waals surface area contributed by atoms with Gasteiger partial charge in [-0.15, -0.1) is 0 Å². The fraction of sp³-hybridized carbons (Fsp3) is 0.625. The van der Waals surface area contributed by atoms with Crippen molar-refractivity contribution in [1.29, 1.82) is 0 Å². The van der Waals surface area contributed by atoms with E-state index in [-0.39, 0.29) is 0 Å². The summed E-state index contributed by atoms with van der Waals surface area (Å²) in [5, 5.41) is 10.6. The molecule has 2 atom stereocenters. The SMILES string of the molecule is CCOc1ccc(Br)cc1[C@H](N)[C@H](O)C1CCCCC1. The van der Waals surface area contributed by atoms with Crippen LogP contribution >= 0.6 is 15.9 Å². The monoisotopic (exact) mass is 341 g/mol. The molecule has 0 saturated heterocycles. The predicted octanol–water partition coefficient (Wildman–Crippen LogP) is 3.79. The maximum atomic E-state index is 10.6. The van der Waals surface area contributed by atoms with Crippen molar-refractivity contribution in [2.45, 2.75) is 51.2 Å². The molecular formula is C16H24BrNO2. The Morgan fingerprint density at radius 2 is 2.05 bits per heavy atom. The molecule has 0 aromatic heterocycles. The molecule has 3 N–H and O–H groups in total. The lowest BCUT2D eigenvalue weighted by Crippen LogP contribution is -2.34. The van der Waals surface area contributed by atoms with Gasteiger partial charge in [-0.05, 0) is 43.9 Å². The van der Waals surface area contributed by atoms with Crippen molar-refractivity contribution in [3.63, 3.8) is 0 Å². The molecule has 1 aliphatic carbocycles. The van der Waals surface area contributed by atoms with Gasteiger partial charge in [-0.25, -0.2) is 0 Å². The smallest absolute Gasteiger partial charge is 0.124 e. The van der Waals surface area contributed by atoms with Gasteiger partial charge < -0.3 is 15.6 Å². The lowest BCUT2D eigenvalue weighted by Gasteiger charge is -2.31. The highest BCUT2D eigenvalue weighted by atomic mass is 79.9. The van der Waals surface area contributed by atoms with Gasteiger partial charge in [0.05, 0.1) is 18.8 Å². The molecule has 20 heavy (non-hydrogen) atoms. The Morgan fingerprint density at radius 1 is 1.35 bits per heavy atom. The van der Waals surface area contributed by atoms with Gasteiger partial charge in [0.25, 0.3) is 0 Å². The summed E-state index contributed by atoms with van der Waals surface area (Å²) in [4.78, 5) is 0. The minimum atomic E-state index is -0.496. The fourth-order valence-electron chi connectivity index (χ4n) is 3.02. The van der Waals surface area contributed by atoms with E-state index in [9.17, 15) is 5.11 Å². The van der Waals surface area contributed by atoms with Crippen molar-refractivity contribution >= 4 is 15.9 Å². The zero-order valence-corrected chi connectivity index (χ0v) is 13.6. The Balaban J connectivity index is 2.17. The molecule has 3 nitrogen and oxygen atoms in total. The molecule has 1 aromatic carbocycles. The van der Waals surface area contributed by atoms with Gasteiger partial charge in [-0.3, -0.25) is 0 Å². The van der Waals surface area contributed by atoms with E-state index in [1.165, 1.54) is 19.3 Å². The third kappa shape index (κ3) is 3.74. The highest BCUT2D eigenvalue weighted by Gasteiger charge is 2.29. The van der Waals surface area contributed by atoms with Crippen LogP contribution in [-0.2, 0) is 0 Å². The molecule has 0 spiro atoms. The summed E-state index contributed by atoms with van der Waals surface area (Å²) in [7, 11) is 0. The maximum Gasteiger partial charge on any atom is 0.124 e. The molecule has 0 heterocycles. The minimum Gasteiger partial charge on any atom is -0.494 e. The van der Waals surface area contributed by atoms with E-state index in [1.807, 2.05) is 25.1 Å². The highest BCUT2D eigenvalue weighted by molar-refractivity contribution is 9.10. The van der Waals surface area contributed by atoms with E-state index < -0.39 is 12.1 Å². The van der Waals surface area contributed by atoms with E-state index in [2.05, 4.69) is 15.9 Å². The van der Waals surface area contributed by atoms with E-state index >= 15 is 0 Å². The van der Waals surface area contributed by atoms with Gasteiger partial charge in [-0.1, -0.05) is 35.2 Å². The molecule has 4 heteroatoms. The van der Waals surface area contributed by atoms with Gasteiger partial charge in [0, 0.05) is 10.0 Å². The number of nitrogens with two attached hydrogens (primary N) is 1. The molecule has 1 aromatic rings. The first kappa shape index (κ1) is 15.8. The molecule has 0 aliphatic heterocycles. The largest absolute Gasteiger partial charge is 0.494 e. The number of ether oxygens (including phenoxy) is 1. The number of benzene rings is 1. The summed E-state index contributed by atoms with van der Waals surface area (Å²) < 4.78 is 6.60. The highest BCUT2D eigenvalue weighted by Crippen LogP contribution is 2.35. The number of hydrogen-bond donors (Lipinski definition) is 2. The van der Waals surface area contributed by atoms with E-state index in [0.717, 1.165) is 28.6 Å². The standard InChI is InChI=1S/C16H24BrNO2/c1-2-20-14-9-8-12(17)10-13(14)15(18)16(19)11-6-4-3-5-7-11/h8-11,15-16,19H,2-7,18H2,1H3/t15-,16+/m0/s1. The Labute approximate surface area is 129 Å². The van der Waals surface area contributed by atoms with E-state index in [1.54, 1.807) is 0 Å². The summed E-state index contributed by atoms with van der Waals surface area (Å²) in [6.45, 7) is 2.55. The number of halogens is 1. The van der Waals surface area contributed by atoms with E-state index in [0.29, 0.717) is 12.5 Å². The summed E-state index contributed by atoms with van der Waals surface area (Å²) in [5.41, 5.74) is 7.21. The van der Waals surface area contributed by atoms with Gasteiger partial charge in [-0.2, -0.15) is 0 Å². The first-order valence-electron chi connectivity index (χ1n) is 7.49. The van der Waals surface area contributed by atoms with Crippen LogP contribution in [0.5, 0.6) is 5.75 Å². The van der Waals surface area contributed by atoms with Crippen LogP contribution in [0.4, 0.5) is 0 Å². The Morgan fingerprint density at radius 3 is 2.70 bits per heavy atom. The van der Waals surface area contributed by atoms with Gasteiger partial charge >= 0.3 is 0 Å². The summed E-state index contributed by atoms with van der Waals surface area (Å²) in [5.74, 6) is 1.09. The Kier molecular flexibility index (Phi) is 5.87. The van der Waals surface area contributed by atoms with Crippen LogP contribution in [0.25, 0.3) is 0 Å². The number of hydrogen-bond acceptors (Lipinski definition) is 3. The van der Waals surface area contributed by atoms with Crippen LogP contribution in [0.3, 0.4) is 0 Å². The predicted molar refractivity (Wildman–Crippen MR) is 84.8 cm³/mol. The van der Waals surface area contributed by atoms with Gasteiger partial charge in [0.2, 0.25) is 0 Å². The number of aliphatic hydroxyl groups excluding tert-OH is 1. The second kappa shape index (κ2) is 7.43. The first-order valence-corrected chi connectivity index (χ1v) is 8.28. The molecule has 2 rings (SSSR count). The van der Waals surface area contributed by atoms with Crippen LogP contribution in [0.2, 0.25) is 0 Å². The normalized spacial score (nSPS) is 19.6. The fourth-order valence-corrected chi connectivity index (χ4v) is 3.40. The van der Waals surface area contributed by atoms with Crippen molar-refractivity contribution in [2.24, 2.45) is 11.7 Å². The summed E-state index contributed by atoms with van der Waals surface area (Å²) in [6.07, 6.45) is 5.33. The topological polar surface area (TPSA) is 55.5 Å². The molecular weight excluding hydrogens is 318 g/mol. The molecule has 0 radical (unpaired) electrons. The van der Waals surface area contributed by atoms with E-state index in [4.69, 9.17) is 10.5 Å². The number of aliphatic hydroxyl groups is 1. The lowest BCUT2D eigenvalue weighted by atomic mass is 9.81. The van der Waals surface area contributed by atoms with Crippen molar-refractivity contribution in [2.75, 3.05) is 6.61 Å². The molecule has 112 valence electrons. The zero-order chi connectivity index (χ0) is 14.5. The lowest BCUT2D eigenvalue weighted by molar-refractivity contribution is 0.0609. The third-order valence-corrected chi connectivity index (χ3v) is 4.62. The van der Waals surface area contributed by atoms with Gasteiger partial charge in [0.15, 0.2) is 0 Å². The van der Waals surface area contributed by atoms with Crippen LogP contribution in [0.1, 0.15) is 50.6 Å². The zero-order valence-electron chi connectivity index (χ0n) is 12.0. The summed E-state index contributed by atoms with van der Waals surface area (Å²) in [6, 6.07) is 5.42. The Hall–Kier alpha value is -0.580. The minimum absolute atomic E-state index is 0.312. The van der Waals surface area contributed by atoms with Crippen molar-refractivity contribution in [1.82, 2.24) is 0 Å². The van der Waals surface area contributed by atoms with Crippen LogP contribution in [-0.4, -0.2) is 17.8 Å². The maximum absolute atomic E-state index is 10.6. The quantitative estimate of drug-likeness (QED) is 0.856. The molecule has 1 fully saturated rings. The average Bonchev–Trinajstić information content (AvgIpc) is 2.48. The van der Waals surface area contributed by atoms with Crippen LogP contribution < -0.4 is 10.5 Å². The Bertz CT molecular complexity index is 432. The second-order valence-electron chi connectivity index (χ2n) is 5.53. The van der Waals surface area contributed by atoms with Crippen LogP contribution in [0.15, 0.2) is 22.7 Å². The van der Waals surface area contributed by atoms with Crippen molar-refractivity contribution in [3.8, 4) is 5.75 Å². The van der Waals surface area contributed by atoms with Crippen LogP contribution in [0, 0.1) is 5.92 Å². The first-order chi connectivity index (χ1) is 9.63. The van der Waals surface area contributed by atoms with Crippen molar-refractivity contribution < 1.29 is 9.84 Å². The molecule has 0 amide bonds. The second-order valence-corrected chi connectivity index (χ2v) is 6.45. The molecule has 1 saturated carbocycles. The average molecular weight is 342 g/mol. The summed E-state index contributed by atoms with van der Waals surface area (Å²) >= 11 is 3.47. The molecule has 1 aliphatic rings. The van der Waals surface area contributed by atoms with Crippen molar-refractivity contribution in [3.05, 3.63) is 28.2 Å². The molecule has 0 bridgehead atoms. The third-order valence-electron chi connectivity index (χ3n) is 4.13. The number of rotatable bonds is 5. The van der Waals surface area contributed by atoms with Gasteiger partial charge in [0.1, 0.15) is 5.75 Å². The molecule has 0 unspecified atom stereocenters.